The Labute approximate surface area is 153 Å². The summed E-state index contributed by atoms with van der Waals surface area (Å²) in [6, 6.07) is 11.4. The average Bonchev–Trinajstić information content (AvgIpc) is 2.55. The molecule has 0 aliphatic heterocycles. The largest absolute Gasteiger partial charge is 0.416 e. The normalized spacial score (nSPS) is 12.3. The zero-order valence-corrected chi connectivity index (χ0v) is 14.9. The van der Waals surface area contributed by atoms with Gasteiger partial charge in [0, 0.05) is 23.2 Å². The first-order chi connectivity index (χ1) is 12.1. The summed E-state index contributed by atoms with van der Waals surface area (Å²) in [4.78, 5) is 24.0. The van der Waals surface area contributed by atoms with E-state index in [1.165, 1.54) is 30.8 Å². The van der Waals surface area contributed by atoms with Crippen LogP contribution in [0.2, 0.25) is 0 Å². The number of hydrogen-bond acceptors (Lipinski definition) is 3. The molecule has 0 aromatic heterocycles. The molecule has 0 spiro atoms. The average molecular weight is 382 g/mol. The molecule has 0 radical (unpaired) electrons. The number of rotatable bonds is 5. The van der Waals surface area contributed by atoms with Crippen molar-refractivity contribution in [3.8, 4) is 0 Å². The molecule has 1 atom stereocenters. The molecule has 1 unspecified atom stereocenters. The number of carbonyl (C=O) groups excluding carboxylic acids is 2. The van der Waals surface area contributed by atoms with Crippen LogP contribution in [-0.2, 0) is 15.8 Å². The van der Waals surface area contributed by atoms with Crippen LogP contribution in [-0.4, -0.2) is 17.1 Å². The summed E-state index contributed by atoms with van der Waals surface area (Å²) in [6.45, 7) is 3.07. The van der Waals surface area contributed by atoms with Gasteiger partial charge in [0.25, 0.3) is 0 Å². The molecule has 2 aromatic rings. The van der Waals surface area contributed by atoms with Gasteiger partial charge in [-0.2, -0.15) is 13.2 Å². The van der Waals surface area contributed by atoms with Gasteiger partial charge in [-0.15, -0.1) is 11.8 Å². The minimum atomic E-state index is -4.46. The van der Waals surface area contributed by atoms with E-state index in [9.17, 15) is 22.8 Å². The van der Waals surface area contributed by atoms with Gasteiger partial charge in [0.05, 0.1) is 10.8 Å². The van der Waals surface area contributed by atoms with E-state index in [4.69, 9.17) is 0 Å². The Morgan fingerprint density at radius 3 is 2.23 bits per heavy atom. The minimum Gasteiger partial charge on any atom is -0.326 e. The van der Waals surface area contributed by atoms with Crippen LogP contribution in [0.15, 0.2) is 53.4 Å². The second-order valence-corrected chi connectivity index (χ2v) is 6.95. The summed E-state index contributed by atoms with van der Waals surface area (Å²) in [5, 5.41) is 4.62. The Morgan fingerprint density at radius 2 is 1.65 bits per heavy atom. The number of alkyl halides is 3. The number of carbonyl (C=O) groups is 2. The van der Waals surface area contributed by atoms with Crippen molar-refractivity contribution in [1.29, 1.82) is 0 Å². The molecule has 0 aliphatic rings. The van der Waals surface area contributed by atoms with E-state index in [1.54, 1.807) is 31.2 Å². The lowest BCUT2D eigenvalue weighted by molar-refractivity contribution is -0.137. The van der Waals surface area contributed by atoms with Gasteiger partial charge in [0.15, 0.2) is 0 Å². The fourth-order valence-corrected chi connectivity index (χ4v) is 2.96. The maximum atomic E-state index is 12.7. The van der Waals surface area contributed by atoms with Gasteiger partial charge in [0.1, 0.15) is 0 Å². The summed E-state index contributed by atoms with van der Waals surface area (Å²) in [7, 11) is 0. The predicted octanol–water partition coefficient (Wildman–Crippen LogP) is 4.78. The highest BCUT2D eigenvalue weighted by atomic mass is 32.2. The molecule has 0 heterocycles. The maximum absolute atomic E-state index is 12.7. The number of hydrogen-bond donors (Lipinski definition) is 2. The van der Waals surface area contributed by atoms with E-state index in [-0.39, 0.29) is 11.6 Å². The number of halogens is 3. The molecule has 0 saturated heterocycles. The fraction of sp³-hybridized carbons (Fsp3) is 0.222. The zero-order chi connectivity index (χ0) is 19.3. The quantitative estimate of drug-likeness (QED) is 0.732. The first-order valence-electron chi connectivity index (χ1n) is 7.67. The van der Waals surface area contributed by atoms with Gasteiger partial charge in [-0.25, -0.2) is 0 Å². The molecule has 2 aromatic carbocycles. The Kier molecular flexibility index (Phi) is 6.31. The molecule has 2 rings (SSSR count). The molecular formula is C18H17F3N2O2S. The molecule has 8 heteroatoms. The van der Waals surface area contributed by atoms with E-state index >= 15 is 0 Å². The molecule has 2 N–H and O–H groups in total. The third kappa shape index (κ3) is 5.80. The highest BCUT2D eigenvalue weighted by Gasteiger charge is 2.30. The second-order valence-electron chi connectivity index (χ2n) is 5.53. The van der Waals surface area contributed by atoms with E-state index < -0.39 is 22.9 Å². The molecule has 26 heavy (non-hydrogen) atoms. The van der Waals surface area contributed by atoms with Crippen molar-refractivity contribution in [1.82, 2.24) is 0 Å². The lowest BCUT2D eigenvalue weighted by Gasteiger charge is -2.14. The topological polar surface area (TPSA) is 58.2 Å². The Bertz CT molecular complexity index is 792. The lowest BCUT2D eigenvalue weighted by atomic mass is 10.2. The van der Waals surface area contributed by atoms with Crippen molar-refractivity contribution in [2.45, 2.75) is 30.2 Å². The minimum absolute atomic E-state index is 0.0956. The van der Waals surface area contributed by atoms with Crippen molar-refractivity contribution in [2.24, 2.45) is 0 Å². The van der Waals surface area contributed by atoms with E-state index in [2.05, 4.69) is 10.6 Å². The smallest absolute Gasteiger partial charge is 0.326 e. The Balaban J connectivity index is 1.98. The van der Waals surface area contributed by atoms with Crippen LogP contribution in [0.3, 0.4) is 0 Å². The van der Waals surface area contributed by atoms with Gasteiger partial charge in [-0.3, -0.25) is 9.59 Å². The highest BCUT2D eigenvalue weighted by Crippen LogP contribution is 2.31. The van der Waals surface area contributed by atoms with Gasteiger partial charge in [-0.05, 0) is 49.4 Å². The summed E-state index contributed by atoms with van der Waals surface area (Å²) in [5.74, 6) is -0.584. The molecule has 2 amide bonds. The molecule has 0 bridgehead atoms. The SMILES string of the molecule is CC(=O)Nc1ccc(SC(C)C(=O)Nc2cccc(C(F)(F)F)c2)cc1. The third-order valence-electron chi connectivity index (χ3n) is 3.31. The number of thioether (sulfide) groups is 1. The van der Waals surface area contributed by atoms with Crippen LogP contribution in [0.25, 0.3) is 0 Å². The van der Waals surface area contributed by atoms with Crippen LogP contribution in [0, 0.1) is 0 Å². The molecule has 0 fully saturated rings. The summed E-state index contributed by atoms with van der Waals surface area (Å²) >= 11 is 1.26. The van der Waals surface area contributed by atoms with Crippen LogP contribution < -0.4 is 10.6 Å². The monoisotopic (exact) mass is 382 g/mol. The maximum Gasteiger partial charge on any atom is 0.416 e. The number of anilines is 2. The molecule has 138 valence electrons. The molecule has 4 nitrogen and oxygen atoms in total. The van der Waals surface area contributed by atoms with Crippen molar-refractivity contribution >= 4 is 35.0 Å². The molecule has 0 saturated carbocycles. The number of benzene rings is 2. The van der Waals surface area contributed by atoms with Crippen LogP contribution in [0.1, 0.15) is 19.4 Å². The zero-order valence-electron chi connectivity index (χ0n) is 14.1. The van der Waals surface area contributed by atoms with E-state index in [0.717, 1.165) is 17.0 Å². The van der Waals surface area contributed by atoms with Crippen LogP contribution in [0.5, 0.6) is 0 Å². The third-order valence-corrected chi connectivity index (χ3v) is 4.43. The van der Waals surface area contributed by atoms with Crippen molar-refractivity contribution in [3.63, 3.8) is 0 Å². The van der Waals surface area contributed by atoms with Gasteiger partial charge in [0.2, 0.25) is 11.8 Å². The standard InChI is InChI=1S/C18H17F3N2O2S/c1-11(26-16-8-6-14(7-9-16)22-12(2)24)17(25)23-15-5-3-4-13(10-15)18(19,20)21/h3-11H,1-2H3,(H,22,24)(H,23,25). The Morgan fingerprint density at radius 1 is 1.00 bits per heavy atom. The summed E-state index contributed by atoms with van der Waals surface area (Å²) in [5.41, 5.74) is -0.0784. The molecule has 0 aliphatic carbocycles. The van der Waals surface area contributed by atoms with E-state index in [0.29, 0.717) is 5.69 Å². The molecular weight excluding hydrogens is 365 g/mol. The number of nitrogens with one attached hydrogen (secondary N) is 2. The lowest BCUT2D eigenvalue weighted by Crippen LogP contribution is -2.22. The highest BCUT2D eigenvalue weighted by molar-refractivity contribution is 8.00. The first kappa shape index (κ1) is 19.8. The van der Waals surface area contributed by atoms with Gasteiger partial charge < -0.3 is 10.6 Å². The second kappa shape index (κ2) is 8.27. The Hall–Kier alpha value is -2.48. The van der Waals surface area contributed by atoms with Crippen LogP contribution in [0.4, 0.5) is 24.5 Å². The van der Waals surface area contributed by atoms with Gasteiger partial charge >= 0.3 is 6.18 Å². The summed E-state index contributed by atoms with van der Waals surface area (Å²) < 4.78 is 38.2. The fourth-order valence-electron chi connectivity index (χ4n) is 2.09. The van der Waals surface area contributed by atoms with Crippen molar-refractivity contribution < 1.29 is 22.8 Å². The van der Waals surface area contributed by atoms with E-state index in [1.807, 2.05) is 0 Å². The number of amides is 2. The first-order valence-corrected chi connectivity index (χ1v) is 8.55. The summed E-state index contributed by atoms with van der Waals surface area (Å²) in [6.07, 6.45) is -4.46. The van der Waals surface area contributed by atoms with Crippen molar-refractivity contribution in [2.75, 3.05) is 10.6 Å². The van der Waals surface area contributed by atoms with Crippen molar-refractivity contribution in [3.05, 3.63) is 54.1 Å². The predicted molar refractivity (Wildman–Crippen MR) is 96.1 cm³/mol. The van der Waals surface area contributed by atoms with Crippen LogP contribution >= 0.6 is 11.8 Å². The van der Waals surface area contributed by atoms with Gasteiger partial charge in [-0.1, -0.05) is 6.07 Å².